The molecule has 5 heteroatoms. The van der Waals surface area contributed by atoms with Crippen LogP contribution >= 0.6 is 0 Å². The van der Waals surface area contributed by atoms with Crippen LogP contribution in [0, 0.1) is 0 Å². The van der Waals surface area contributed by atoms with E-state index in [0.29, 0.717) is 19.6 Å². The van der Waals surface area contributed by atoms with Gasteiger partial charge in [0, 0.05) is 11.8 Å². The number of rotatable bonds is 3. The van der Waals surface area contributed by atoms with Crippen LogP contribution in [0.4, 0.5) is 0 Å². The van der Waals surface area contributed by atoms with Crippen molar-refractivity contribution >= 4 is 0 Å². The Hall–Kier alpha value is -1.72. The molecule has 1 aromatic carbocycles. The van der Waals surface area contributed by atoms with Gasteiger partial charge in [-0.3, -0.25) is 5.10 Å². The van der Waals surface area contributed by atoms with E-state index >= 15 is 0 Å². The fraction of sp³-hybridized carbons (Fsp3) is 0.333. The molecule has 1 aliphatic rings. The lowest BCUT2D eigenvalue weighted by molar-refractivity contribution is -0.165. The maximum atomic E-state index is 5.80. The predicted molar refractivity (Wildman–Crippen MR) is 60.1 cm³/mol. The fourth-order valence-corrected chi connectivity index (χ4v) is 2.07. The van der Waals surface area contributed by atoms with E-state index < -0.39 is 5.79 Å². The molecule has 0 bridgehead atoms. The van der Waals surface area contributed by atoms with Gasteiger partial charge in [0.2, 0.25) is 5.79 Å². The summed E-state index contributed by atoms with van der Waals surface area (Å²) in [7, 11) is 0. The van der Waals surface area contributed by atoms with Crippen LogP contribution in [0.3, 0.4) is 0 Å². The smallest absolute Gasteiger partial charge is 0.200 e. The third kappa shape index (κ3) is 1.94. The minimum absolute atomic E-state index is 0.563. The molecule has 1 aromatic heterocycles. The molecule has 88 valence electrons. The van der Waals surface area contributed by atoms with Gasteiger partial charge in [-0.2, -0.15) is 0 Å². The normalized spacial score (nSPS) is 18.4. The van der Waals surface area contributed by atoms with Gasteiger partial charge in [0.25, 0.3) is 0 Å². The van der Waals surface area contributed by atoms with Crippen LogP contribution in [-0.2, 0) is 21.7 Å². The number of H-pyrrole nitrogens is 1. The molecule has 0 aliphatic carbocycles. The summed E-state index contributed by atoms with van der Waals surface area (Å²) in [5, 5.41) is 10.4. The van der Waals surface area contributed by atoms with Crippen molar-refractivity contribution in [3.05, 3.63) is 47.8 Å². The highest BCUT2D eigenvalue weighted by molar-refractivity contribution is 5.22. The quantitative estimate of drug-likeness (QED) is 0.863. The topological polar surface area (TPSA) is 60.0 Å². The molecule has 0 saturated carbocycles. The molecule has 0 spiro atoms. The van der Waals surface area contributed by atoms with Crippen molar-refractivity contribution in [3.8, 4) is 0 Å². The van der Waals surface area contributed by atoms with Crippen LogP contribution in [-0.4, -0.2) is 28.6 Å². The van der Waals surface area contributed by atoms with Gasteiger partial charge in [-0.25, -0.2) is 0 Å². The summed E-state index contributed by atoms with van der Waals surface area (Å²) in [5.74, 6) is -0.710. The Labute approximate surface area is 98.8 Å². The van der Waals surface area contributed by atoms with Crippen molar-refractivity contribution in [1.82, 2.24) is 15.4 Å². The number of nitrogens with zero attached hydrogens (tertiary/aromatic N) is 2. The summed E-state index contributed by atoms with van der Waals surface area (Å²) in [5.41, 5.74) is 1.84. The Morgan fingerprint density at radius 3 is 2.59 bits per heavy atom. The van der Waals surface area contributed by atoms with Crippen molar-refractivity contribution in [2.75, 3.05) is 13.2 Å². The Bertz CT molecular complexity index is 464. The van der Waals surface area contributed by atoms with E-state index in [1.165, 1.54) is 0 Å². The van der Waals surface area contributed by atoms with Crippen LogP contribution in [0.2, 0.25) is 0 Å². The van der Waals surface area contributed by atoms with E-state index in [4.69, 9.17) is 9.47 Å². The van der Waals surface area contributed by atoms with E-state index in [-0.39, 0.29) is 0 Å². The number of aromatic nitrogens is 3. The molecule has 1 aliphatic heterocycles. The van der Waals surface area contributed by atoms with Crippen LogP contribution in [0.25, 0.3) is 0 Å². The van der Waals surface area contributed by atoms with Crippen LogP contribution < -0.4 is 0 Å². The Morgan fingerprint density at radius 1 is 1.18 bits per heavy atom. The first-order chi connectivity index (χ1) is 8.39. The van der Waals surface area contributed by atoms with Crippen LogP contribution in [0.5, 0.6) is 0 Å². The lowest BCUT2D eigenvalue weighted by Gasteiger charge is -2.26. The van der Waals surface area contributed by atoms with Crippen molar-refractivity contribution in [2.45, 2.75) is 12.2 Å². The second kappa shape index (κ2) is 4.27. The molecule has 3 rings (SSSR count). The highest BCUT2D eigenvalue weighted by atomic mass is 16.7. The molecule has 0 atom stereocenters. The van der Waals surface area contributed by atoms with Crippen LogP contribution in [0.1, 0.15) is 11.3 Å². The SMILES string of the molecule is c1ccc(C2(Cc3c[nH]nn3)OCCO2)cc1. The van der Waals surface area contributed by atoms with Gasteiger partial charge in [-0.05, 0) is 0 Å². The van der Waals surface area contributed by atoms with Crippen molar-refractivity contribution < 1.29 is 9.47 Å². The number of ether oxygens (including phenoxy) is 2. The number of hydrogen-bond donors (Lipinski definition) is 1. The summed E-state index contributed by atoms with van der Waals surface area (Å²) in [6.45, 7) is 1.21. The van der Waals surface area contributed by atoms with E-state index in [0.717, 1.165) is 11.3 Å². The monoisotopic (exact) mass is 231 g/mol. The third-order valence-electron chi connectivity index (χ3n) is 2.85. The average Bonchev–Trinajstić information content (AvgIpc) is 3.03. The number of benzene rings is 1. The molecular formula is C12H13N3O2. The van der Waals surface area contributed by atoms with Gasteiger partial charge in [0.05, 0.1) is 25.3 Å². The van der Waals surface area contributed by atoms with Crippen molar-refractivity contribution in [2.24, 2.45) is 0 Å². The van der Waals surface area contributed by atoms with Gasteiger partial charge in [0.1, 0.15) is 0 Å². The van der Waals surface area contributed by atoms with Gasteiger partial charge >= 0.3 is 0 Å². The average molecular weight is 231 g/mol. The van der Waals surface area contributed by atoms with E-state index in [2.05, 4.69) is 15.4 Å². The fourth-order valence-electron chi connectivity index (χ4n) is 2.07. The van der Waals surface area contributed by atoms with Crippen molar-refractivity contribution in [3.63, 3.8) is 0 Å². The second-order valence-electron chi connectivity index (χ2n) is 3.96. The first-order valence-corrected chi connectivity index (χ1v) is 5.58. The highest BCUT2D eigenvalue weighted by Crippen LogP contribution is 2.34. The molecule has 1 N–H and O–H groups in total. The molecule has 2 heterocycles. The number of nitrogens with one attached hydrogen (secondary N) is 1. The summed E-state index contributed by atoms with van der Waals surface area (Å²) >= 11 is 0. The van der Waals surface area contributed by atoms with Crippen LogP contribution in [0.15, 0.2) is 36.5 Å². The molecule has 17 heavy (non-hydrogen) atoms. The highest BCUT2D eigenvalue weighted by Gasteiger charge is 2.39. The molecule has 5 nitrogen and oxygen atoms in total. The molecule has 2 aromatic rings. The lowest BCUT2D eigenvalue weighted by Crippen LogP contribution is -2.30. The summed E-state index contributed by atoms with van der Waals surface area (Å²) < 4.78 is 11.6. The van der Waals surface area contributed by atoms with Gasteiger partial charge in [-0.1, -0.05) is 35.5 Å². The van der Waals surface area contributed by atoms with E-state index in [9.17, 15) is 0 Å². The molecule has 1 fully saturated rings. The summed E-state index contributed by atoms with van der Waals surface area (Å²) in [6, 6.07) is 9.94. The van der Waals surface area contributed by atoms with E-state index in [1.807, 2.05) is 30.3 Å². The second-order valence-corrected chi connectivity index (χ2v) is 3.96. The Kier molecular flexibility index (Phi) is 2.62. The minimum Gasteiger partial charge on any atom is -0.343 e. The van der Waals surface area contributed by atoms with Gasteiger partial charge in [-0.15, -0.1) is 5.10 Å². The number of hydrogen-bond acceptors (Lipinski definition) is 4. The largest absolute Gasteiger partial charge is 0.343 e. The maximum Gasteiger partial charge on any atom is 0.200 e. The molecular weight excluding hydrogens is 218 g/mol. The first kappa shape index (κ1) is 10.4. The zero-order valence-corrected chi connectivity index (χ0v) is 9.30. The van der Waals surface area contributed by atoms with Gasteiger partial charge < -0.3 is 9.47 Å². The predicted octanol–water partition coefficient (Wildman–Crippen LogP) is 1.25. The van der Waals surface area contributed by atoms with Crippen molar-refractivity contribution in [1.29, 1.82) is 0 Å². The zero-order valence-electron chi connectivity index (χ0n) is 9.30. The molecule has 0 unspecified atom stereocenters. The maximum absolute atomic E-state index is 5.80. The van der Waals surface area contributed by atoms with Gasteiger partial charge in [0.15, 0.2) is 0 Å². The number of aromatic amines is 1. The Balaban J connectivity index is 1.93. The molecule has 0 radical (unpaired) electrons. The molecule has 1 saturated heterocycles. The lowest BCUT2D eigenvalue weighted by atomic mass is 10.0. The standard InChI is InChI=1S/C12H13N3O2/c1-2-4-10(5-3-1)12(16-6-7-17-12)8-11-9-13-15-14-11/h1-5,9H,6-8H2,(H,13,14,15). The summed E-state index contributed by atoms with van der Waals surface area (Å²) in [6.07, 6.45) is 2.32. The first-order valence-electron chi connectivity index (χ1n) is 5.58. The third-order valence-corrected chi connectivity index (χ3v) is 2.85. The van der Waals surface area contributed by atoms with E-state index in [1.54, 1.807) is 6.20 Å². The zero-order chi connectivity index (χ0) is 11.6. The summed E-state index contributed by atoms with van der Waals surface area (Å²) in [4.78, 5) is 0. The molecule has 0 amide bonds. The Morgan fingerprint density at radius 2 is 1.94 bits per heavy atom. The minimum atomic E-state index is -0.710.